The van der Waals surface area contributed by atoms with Gasteiger partial charge in [0.25, 0.3) is 0 Å². The molecule has 4 nitrogen and oxygen atoms in total. The van der Waals surface area contributed by atoms with Gasteiger partial charge in [0.05, 0.1) is 23.7 Å². The third kappa shape index (κ3) is 5.19. The van der Waals surface area contributed by atoms with Crippen LogP contribution in [0.1, 0.15) is 23.2 Å². The minimum absolute atomic E-state index is 0.0281. The lowest BCUT2D eigenvalue weighted by atomic mass is 10.2. The normalized spacial score (nSPS) is 12.0. The van der Waals surface area contributed by atoms with Gasteiger partial charge in [0.2, 0.25) is 5.91 Å². The molecule has 0 saturated carbocycles. The molecular formula is C16H20N2O2S. The SMILES string of the molecule is Cc1ccc(O[C@H](C)CNC(=O)Cc2csc(C)n2)cc1. The Kier molecular flexibility index (Phi) is 5.33. The fourth-order valence-corrected chi connectivity index (χ4v) is 2.48. The van der Waals surface area contributed by atoms with Crippen molar-refractivity contribution in [3.63, 3.8) is 0 Å². The largest absolute Gasteiger partial charge is 0.489 e. The molecule has 0 spiro atoms. The molecule has 1 aromatic heterocycles. The number of carbonyl (C=O) groups is 1. The molecule has 1 aromatic carbocycles. The van der Waals surface area contributed by atoms with Crippen molar-refractivity contribution in [2.24, 2.45) is 0 Å². The number of aromatic nitrogens is 1. The summed E-state index contributed by atoms with van der Waals surface area (Å²) in [7, 11) is 0. The maximum absolute atomic E-state index is 11.8. The number of thiazole rings is 1. The molecule has 0 aliphatic heterocycles. The molecule has 1 N–H and O–H groups in total. The van der Waals surface area contributed by atoms with E-state index in [-0.39, 0.29) is 12.0 Å². The highest BCUT2D eigenvalue weighted by Crippen LogP contribution is 2.13. The highest BCUT2D eigenvalue weighted by atomic mass is 32.1. The van der Waals surface area contributed by atoms with Crippen molar-refractivity contribution in [1.82, 2.24) is 10.3 Å². The van der Waals surface area contributed by atoms with E-state index in [0.717, 1.165) is 16.5 Å². The maximum Gasteiger partial charge on any atom is 0.226 e. The Hall–Kier alpha value is -1.88. The predicted molar refractivity (Wildman–Crippen MR) is 84.8 cm³/mol. The maximum atomic E-state index is 11.8. The second-order valence-electron chi connectivity index (χ2n) is 5.08. The van der Waals surface area contributed by atoms with Crippen LogP contribution in [0.2, 0.25) is 0 Å². The smallest absolute Gasteiger partial charge is 0.226 e. The molecule has 112 valence electrons. The number of ether oxygens (including phenoxy) is 1. The molecular weight excluding hydrogens is 284 g/mol. The third-order valence-electron chi connectivity index (χ3n) is 2.95. The Bertz CT molecular complexity index is 593. The van der Waals surface area contributed by atoms with Gasteiger partial charge in [0.15, 0.2) is 0 Å². The highest BCUT2D eigenvalue weighted by Gasteiger charge is 2.09. The van der Waals surface area contributed by atoms with Crippen molar-refractivity contribution in [2.45, 2.75) is 33.3 Å². The van der Waals surface area contributed by atoms with E-state index in [1.165, 1.54) is 5.56 Å². The second kappa shape index (κ2) is 7.22. The first kappa shape index (κ1) is 15.5. The van der Waals surface area contributed by atoms with Gasteiger partial charge in [-0.15, -0.1) is 11.3 Å². The lowest BCUT2D eigenvalue weighted by Crippen LogP contribution is -2.34. The fourth-order valence-electron chi connectivity index (χ4n) is 1.86. The standard InChI is InChI=1S/C16H20N2O2S/c1-11-4-6-15(7-5-11)20-12(2)9-17-16(19)8-14-10-21-13(3)18-14/h4-7,10,12H,8-9H2,1-3H3,(H,17,19)/t12-/m1/s1. The second-order valence-corrected chi connectivity index (χ2v) is 6.14. The molecule has 1 atom stereocenters. The number of amides is 1. The molecule has 0 saturated heterocycles. The zero-order valence-electron chi connectivity index (χ0n) is 12.6. The molecule has 5 heteroatoms. The molecule has 0 fully saturated rings. The molecule has 0 aliphatic carbocycles. The van der Waals surface area contributed by atoms with Crippen LogP contribution in [0.15, 0.2) is 29.6 Å². The Morgan fingerprint density at radius 1 is 1.33 bits per heavy atom. The quantitative estimate of drug-likeness (QED) is 0.893. The van der Waals surface area contributed by atoms with Crippen molar-refractivity contribution in [2.75, 3.05) is 6.54 Å². The average Bonchev–Trinajstić information content (AvgIpc) is 2.84. The lowest BCUT2D eigenvalue weighted by molar-refractivity contribution is -0.120. The van der Waals surface area contributed by atoms with Gasteiger partial charge < -0.3 is 10.1 Å². The van der Waals surface area contributed by atoms with Gasteiger partial charge >= 0.3 is 0 Å². The fraction of sp³-hybridized carbons (Fsp3) is 0.375. The van der Waals surface area contributed by atoms with Crippen LogP contribution in [-0.2, 0) is 11.2 Å². The van der Waals surface area contributed by atoms with E-state index in [2.05, 4.69) is 10.3 Å². The molecule has 0 radical (unpaired) electrons. The van der Waals surface area contributed by atoms with E-state index in [9.17, 15) is 4.79 Å². The summed E-state index contributed by atoms with van der Waals surface area (Å²) in [6.45, 7) is 6.39. The molecule has 0 bridgehead atoms. The first-order chi connectivity index (χ1) is 10.0. The van der Waals surface area contributed by atoms with E-state index in [1.54, 1.807) is 11.3 Å². The summed E-state index contributed by atoms with van der Waals surface area (Å²) < 4.78 is 5.75. The number of rotatable bonds is 6. The first-order valence-corrected chi connectivity index (χ1v) is 7.82. The summed E-state index contributed by atoms with van der Waals surface area (Å²) in [5, 5.41) is 5.77. The van der Waals surface area contributed by atoms with E-state index in [4.69, 9.17) is 4.74 Å². The summed E-state index contributed by atoms with van der Waals surface area (Å²) in [5.74, 6) is 0.789. The molecule has 2 rings (SSSR count). The van der Waals surface area contributed by atoms with Gasteiger partial charge in [-0.3, -0.25) is 4.79 Å². The summed E-state index contributed by atoms with van der Waals surface area (Å²) in [5.41, 5.74) is 2.02. The molecule has 1 heterocycles. The summed E-state index contributed by atoms with van der Waals surface area (Å²) >= 11 is 1.56. The van der Waals surface area contributed by atoms with Gasteiger partial charge in [0.1, 0.15) is 11.9 Å². The van der Waals surface area contributed by atoms with Crippen molar-refractivity contribution < 1.29 is 9.53 Å². The van der Waals surface area contributed by atoms with Crippen molar-refractivity contribution in [3.8, 4) is 5.75 Å². The van der Waals surface area contributed by atoms with Gasteiger partial charge in [0, 0.05) is 5.38 Å². The van der Waals surface area contributed by atoms with Crippen LogP contribution in [-0.4, -0.2) is 23.5 Å². The van der Waals surface area contributed by atoms with Crippen molar-refractivity contribution in [3.05, 3.63) is 45.9 Å². The van der Waals surface area contributed by atoms with Crippen LogP contribution >= 0.6 is 11.3 Å². The Morgan fingerprint density at radius 2 is 2.05 bits per heavy atom. The van der Waals surface area contributed by atoms with Gasteiger partial charge in [-0.05, 0) is 32.9 Å². The number of aryl methyl sites for hydroxylation is 2. The minimum Gasteiger partial charge on any atom is -0.489 e. The van der Waals surface area contributed by atoms with Gasteiger partial charge in [-0.2, -0.15) is 0 Å². The Balaban J connectivity index is 1.74. The van der Waals surface area contributed by atoms with Crippen LogP contribution in [0.4, 0.5) is 0 Å². The summed E-state index contributed by atoms with van der Waals surface area (Å²) in [6.07, 6.45) is 0.246. The van der Waals surface area contributed by atoms with Crippen LogP contribution in [0.25, 0.3) is 0 Å². The van der Waals surface area contributed by atoms with Crippen LogP contribution in [0, 0.1) is 13.8 Å². The Labute approximate surface area is 129 Å². The number of nitrogens with one attached hydrogen (secondary N) is 1. The monoisotopic (exact) mass is 304 g/mol. The average molecular weight is 304 g/mol. The number of benzene rings is 1. The summed E-state index contributed by atoms with van der Waals surface area (Å²) in [6, 6.07) is 7.88. The van der Waals surface area contributed by atoms with Crippen LogP contribution in [0.5, 0.6) is 5.75 Å². The Morgan fingerprint density at radius 3 is 2.67 bits per heavy atom. The molecule has 21 heavy (non-hydrogen) atoms. The minimum atomic E-state index is -0.0752. The van der Waals surface area contributed by atoms with Crippen LogP contribution < -0.4 is 10.1 Å². The zero-order chi connectivity index (χ0) is 15.2. The van der Waals surface area contributed by atoms with Gasteiger partial charge in [-0.25, -0.2) is 4.98 Å². The lowest BCUT2D eigenvalue weighted by Gasteiger charge is -2.15. The first-order valence-electron chi connectivity index (χ1n) is 6.94. The van der Waals surface area contributed by atoms with Crippen LogP contribution in [0.3, 0.4) is 0 Å². The van der Waals surface area contributed by atoms with Crippen molar-refractivity contribution in [1.29, 1.82) is 0 Å². The number of nitrogens with zero attached hydrogens (tertiary/aromatic N) is 1. The molecule has 0 aliphatic rings. The topological polar surface area (TPSA) is 51.2 Å². The van der Waals surface area contributed by atoms with E-state index in [1.807, 2.05) is 50.4 Å². The third-order valence-corrected chi connectivity index (χ3v) is 3.78. The van der Waals surface area contributed by atoms with E-state index < -0.39 is 0 Å². The van der Waals surface area contributed by atoms with Gasteiger partial charge in [-0.1, -0.05) is 17.7 Å². The number of carbonyl (C=O) groups excluding carboxylic acids is 1. The van der Waals surface area contributed by atoms with E-state index >= 15 is 0 Å². The predicted octanol–water partition coefficient (Wildman–Crippen LogP) is 2.89. The molecule has 0 unspecified atom stereocenters. The van der Waals surface area contributed by atoms with E-state index in [0.29, 0.717) is 13.0 Å². The number of hydrogen-bond donors (Lipinski definition) is 1. The zero-order valence-corrected chi connectivity index (χ0v) is 13.4. The highest BCUT2D eigenvalue weighted by molar-refractivity contribution is 7.09. The number of hydrogen-bond acceptors (Lipinski definition) is 4. The molecule has 2 aromatic rings. The van der Waals surface area contributed by atoms with Crippen molar-refractivity contribution >= 4 is 17.2 Å². The molecule has 1 amide bonds. The summed E-state index contributed by atoms with van der Waals surface area (Å²) in [4.78, 5) is 16.1.